The first kappa shape index (κ1) is 15.9. The molecule has 1 atom stereocenters. The number of carbonyl (C=O) groups is 3. The third-order valence-corrected chi connectivity index (χ3v) is 3.76. The Morgan fingerprint density at radius 2 is 1.92 bits per heavy atom. The van der Waals surface area contributed by atoms with Crippen molar-refractivity contribution in [1.82, 2.24) is 10.6 Å². The van der Waals surface area contributed by atoms with E-state index in [0.29, 0.717) is 11.3 Å². The van der Waals surface area contributed by atoms with E-state index in [1.165, 1.54) is 18.2 Å². The minimum absolute atomic E-state index is 0.00825. The zero-order chi connectivity index (χ0) is 17.3. The number of imide groups is 1. The maximum Gasteiger partial charge on any atom is 0.322 e. The van der Waals surface area contributed by atoms with Crippen LogP contribution in [0.1, 0.15) is 22.0 Å². The summed E-state index contributed by atoms with van der Waals surface area (Å²) in [6, 6.07) is 8.84. The monoisotopic (exact) mass is 347 g/mol. The van der Waals surface area contributed by atoms with Crippen LogP contribution in [0, 0.1) is 5.82 Å². The highest BCUT2D eigenvalue weighted by Crippen LogP contribution is 2.23. The van der Waals surface area contributed by atoms with Gasteiger partial charge in [0, 0.05) is 5.69 Å². The van der Waals surface area contributed by atoms with E-state index >= 15 is 0 Å². The van der Waals surface area contributed by atoms with E-state index in [-0.39, 0.29) is 10.6 Å². The van der Waals surface area contributed by atoms with Gasteiger partial charge >= 0.3 is 6.03 Å². The molecule has 3 N–H and O–H groups in total. The van der Waals surface area contributed by atoms with Gasteiger partial charge in [0.25, 0.3) is 11.8 Å². The quantitative estimate of drug-likeness (QED) is 0.746. The molecule has 1 saturated heterocycles. The molecule has 1 unspecified atom stereocenters. The van der Waals surface area contributed by atoms with E-state index in [9.17, 15) is 18.8 Å². The maximum absolute atomic E-state index is 13.8. The fourth-order valence-corrected chi connectivity index (χ4v) is 2.60. The lowest BCUT2D eigenvalue weighted by atomic mass is 10.1. The fraction of sp³-hybridized carbons (Fsp3) is 0.0625. The van der Waals surface area contributed by atoms with Crippen LogP contribution >= 0.6 is 11.6 Å². The van der Waals surface area contributed by atoms with Crippen molar-refractivity contribution >= 4 is 35.1 Å². The van der Waals surface area contributed by atoms with Crippen molar-refractivity contribution in [3.05, 3.63) is 64.4 Å². The Morgan fingerprint density at radius 1 is 1.17 bits per heavy atom. The van der Waals surface area contributed by atoms with Gasteiger partial charge in [0.05, 0.1) is 10.6 Å². The second-order valence-corrected chi connectivity index (χ2v) is 5.48. The molecule has 122 valence electrons. The van der Waals surface area contributed by atoms with E-state index in [2.05, 4.69) is 16.0 Å². The Hall–Kier alpha value is -2.93. The molecule has 1 aliphatic rings. The number of nitrogens with one attached hydrogen (secondary N) is 3. The Morgan fingerprint density at radius 3 is 2.58 bits per heavy atom. The van der Waals surface area contributed by atoms with E-state index in [0.717, 1.165) is 6.07 Å². The lowest BCUT2D eigenvalue weighted by Gasteiger charge is -2.11. The molecule has 0 aliphatic carbocycles. The predicted octanol–water partition coefficient (Wildman–Crippen LogP) is 2.61. The summed E-state index contributed by atoms with van der Waals surface area (Å²) in [6.07, 6.45) is 0. The number of hydrogen-bond acceptors (Lipinski definition) is 3. The number of benzene rings is 2. The number of anilines is 1. The number of rotatable bonds is 3. The molecule has 0 saturated carbocycles. The van der Waals surface area contributed by atoms with Crippen molar-refractivity contribution in [1.29, 1.82) is 0 Å². The number of carbonyl (C=O) groups excluding carboxylic acids is 3. The first-order valence-corrected chi connectivity index (χ1v) is 7.30. The van der Waals surface area contributed by atoms with Crippen LogP contribution in [0.3, 0.4) is 0 Å². The summed E-state index contributed by atoms with van der Waals surface area (Å²) in [7, 11) is 0. The smallest absolute Gasteiger partial charge is 0.322 e. The molecule has 24 heavy (non-hydrogen) atoms. The number of hydrogen-bond donors (Lipinski definition) is 3. The molecule has 8 heteroatoms. The van der Waals surface area contributed by atoms with Gasteiger partial charge in [0.2, 0.25) is 0 Å². The van der Waals surface area contributed by atoms with Gasteiger partial charge in [0.15, 0.2) is 0 Å². The van der Waals surface area contributed by atoms with Crippen LogP contribution in [0.4, 0.5) is 14.9 Å². The molecular weight excluding hydrogens is 337 g/mol. The van der Waals surface area contributed by atoms with Crippen molar-refractivity contribution in [2.24, 2.45) is 0 Å². The average Bonchev–Trinajstić information content (AvgIpc) is 2.86. The normalized spacial score (nSPS) is 16.5. The van der Waals surface area contributed by atoms with E-state index in [1.807, 2.05) is 0 Å². The Bertz CT molecular complexity index is 836. The standard InChI is InChI=1S/C16H11ClFN3O3/c17-10-5-2-6-11(18)12(10)14(22)19-9-4-1-3-8(7-9)13-15(23)21-16(24)20-13/h1-7,13H,(H,19,22)(H2,20,21,23,24). The second kappa shape index (κ2) is 6.29. The van der Waals surface area contributed by atoms with E-state index < -0.39 is 29.7 Å². The first-order chi connectivity index (χ1) is 11.5. The van der Waals surface area contributed by atoms with Crippen LogP contribution < -0.4 is 16.0 Å². The number of urea groups is 1. The molecule has 1 heterocycles. The largest absolute Gasteiger partial charge is 0.322 e. The highest BCUT2D eigenvalue weighted by Gasteiger charge is 2.30. The maximum atomic E-state index is 13.8. The average molecular weight is 348 g/mol. The van der Waals surface area contributed by atoms with Gasteiger partial charge in [-0.05, 0) is 29.8 Å². The van der Waals surface area contributed by atoms with Crippen molar-refractivity contribution < 1.29 is 18.8 Å². The summed E-state index contributed by atoms with van der Waals surface area (Å²) in [5, 5.41) is 7.09. The van der Waals surface area contributed by atoms with E-state index in [1.54, 1.807) is 18.2 Å². The van der Waals surface area contributed by atoms with Crippen molar-refractivity contribution in [2.45, 2.75) is 6.04 Å². The van der Waals surface area contributed by atoms with Crippen LogP contribution in [-0.4, -0.2) is 17.8 Å². The lowest BCUT2D eigenvalue weighted by molar-refractivity contribution is -0.120. The minimum atomic E-state index is -0.841. The summed E-state index contributed by atoms with van der Waals surface area (Å²) in [4.78, 5) is 35.1. The zero-order valence-electron chi connectivity index (χ0n) is 12.1. The van der Waals surface area contributed by atoms with E-state index in [4.69, 9.17) is 11.6 Å². The second-order valence-electron chi connectivity index (χ2n) is 5.07. The van der Waals surface area contributed by atoms with Gasteiger partial charge < -0.3 is 10.6 Å². The number of amides is 4. The SMILES string of the molecule is O=C1NC(=O)C(c2cccc(NC(=O)c3c(F)cccc3Cl)c2)N1. The first-order valence-electron chi connectivity index (χ1n) is 6.92. The summed E-state index contributed by atoms with van der Waals surface area (Å²) in [6.45, 7) is 0. The topological polar surface area (TPSA) is 87.3 Å². The van der Waals surface area contributed by atoms with Crippen LogP contribution in [0.5, 0.6) is 0 Å². The molecule has 0 bridgehead atoms. The Labute approximate surface area is 141 Å². The third kappa shape index (κ3) is 3.07. The van der Waals surface area contributed by atoms with Gasteiger partial charge in [-0.25, -0.2) is 9.18 Å². The van der Waals surface area contributed by atoms with Gasteiger partial charge in [-0.3, -0.25) is 14.9 Å². The molecule has 0 radical (unpaired) electrons. The number of halogens is 2. The molecule has 1 aliphatic heterocycles. The van der Waals surface area contributed by atoms with Crippen molar-refractivity contribution in [2.75, 3.05) is 5.32 Å². The summed E-state index contributed by atoms with van der Waals surface area (Å²) < 4.78 is 13.8. The predicted molar refractivity (Wildman–Crippen MR) is 85.2 cm³/mol. The van der Waals surface area contributed by atoms with Crippen LogP contribution in [-0.2, 0) is 4.79 Å². The minimum Gasteiger partial charge on any atom is -0.322 e. The van der Waals surface area contributed by atoms with Gasteiger partial charge in [-0.2, -0.15) is 0 Å². The summed E-state index contributed by atoms with van der Waals surface area (Å²) in [5.41, 5.74) is 0.554. The van der Waals surface area contributed by atoms with Crippen LogP contribution in [0.25, 0.3) is 0 Å². The van der Waals surface area contributed by atoms with Crippen molar-refractivity contribution in [3.8, 4) is 0 Å². The highest BCUT2D eigenvalue weighted by molar-refractivity contribution is 6.34. The molecule has 2 aromatic carbocycles. The lowest BCUT2D eigenvalue weighted by Crippen LogP contribution is -2.22. The van der Waals surface area contributed by atoms with Crippen molar-refractivity contribution in [3.63, 3.8) is 0 Å². The summed E-state index contributed by atoms with van der Waals surface area (Å²) >= 11 is 5.86. The molecular formula is C16H11ClFN3O3. The molecule has 0 aromatic heterocycles. The van der Waals surface area contributed by atoms with Crippen LogP contribution in [0.15, 0.2) is 42.5 Å². The fourth-order valence-electron chi connectivity index (χ4n) is 2.36. The summed E-state index contributed by atoms with van der Waals surface area (Å²) in [5.74, 6) is -1.94. The Balaban J connectivity index is 1.84. The molecule has 3 rings (SSSR count). The highest BCUT2D eigenvalue weighted by atomic mass is 35.5. The third-order valence-electron chi connectivity index (χ3n) is 3.44. The molecule has 2 aromatic rings. The Kier molecular flexibility index (Phi) is 4.18. The van der Waals surface area contributed by atoms with Gasteiger partial charge in [-0.15, -0.1) is 0 Å². The molecule has 4 amide bonds. The molecule has 0 spiro atoms. The molecule has 6 nitrogen and oxygen atoms in total. The zero-order valence-corrected chi connectivity index (χ0v) is 12.9. The van der Waals surface area contributed by atoms with Gasteiger partial charge in [-0.1, -0.05) is 29.8 Å². The molecule has 1 fully saturated rings. The van der Waals surface area contributed by atoms with Gasteiger partial charge in [0.1, 0.15) is 11.9 Å². The van der Waals surface area contributed by atoms with Crippen LogP contribution in [0.2, 0.25) is 5.02 Å².